The van der Waals surface area contributed by atoms with E-state index in [-0.39, 0.29) is 124 Å². The van der Waals surface area contributed by atoms with Gasteiger partial charge in [0, 0.05) is 49.4 Å². The maximum absolute atomic E-state index is 13.8. The molecule has 32 heteroatoms. The van der Waals surface area contributed by atoms with Gasteiger partial charge in [-0.2, -0.15) is 0 Å². The second-order valence-corrected chi connectivity index (χ2v) is 26.8. The van der Waals surface area contributed by atoms with Gasteiger partial charge in [-0.25, -0.2) is 24.1 Å². The Morgan fingerprint density at radius 1 is 0.574 bits per heavy atom. The van der Waals surface area contributed by atoms with Crippen molar-refractivity contribution in [3.05, 3.63) is 131 Å². The number of anilines is 4. The summed E-state index contributed by atoms with van der Waals surface area (Å²) in [7, 11) is 0. The third-order valence-electron chi connectivity index (χ3n) is 17.7. The zero-order chi connectivity index (χ0) is 79.3. The number of carbonyl (C=O) groups is 12. The number of aliphatic hydroxyl groups is 2. The largest absolute Gasteiger partial charge is 0.493 e. The molecule has 0 spiro atoms. The number of benzene rings is 4. The molecule has 7 rings (SSSR count). The summed E-state index contributed by atoms with van der Waals surface area (Å²) in [5, 5.41) is 57.6. The van der Waals surface area contributed by atoms with E-state index in [0.717, 1.165) is 30.6 Å². The Bertz CT molecular complexity index is 3850. The van der Waals surface area contributed by atoms with Gasteiger partial charge in [-0.3, -0.25) is 43.7 Å². The van der Waals surface area contributed by atoms with Gasteiger partial charge in [-0.15, -0.1) is 0 Å². The van der Waals surface area contributed by atoms with Crippen molar-refractivity contribution in [1.82, 2.24) is 31.1 Å². The standard InChI is InChI=1S/C38H49N5O11.C38H51N5O11/c1-6-17-53-37(50)41-32(22(2)3)34(47)39-24(5)33(46)40-26-14-12-25(13-15-26)21-54-38(51)43-29-20-30(52-18-9-11-31(44)45)23(4)19-27(29)35(48)42-16-8-7-10-28(42)36(43)49;1-6-17-53-38(51)42-33(23(2)3)35(48)39-25(5)34(47)40-27-14-12-26(13-15-27)22-54-37(50)41-30-20-31(52-18-9-11-32(45)46)24(4)19-29(30)36(49)43-16-8-7-10-28(43)21-44/h6,12-15,19-20,22,24,28,32,36,49H,1,7-11,16-18,21H2,2-5H3,(H,39,47)(H,40,46)(H,41,50)(H,44,45);6,12-15,19-20,23,25,28,33,44H,1,7-11,16-18,21-22H2,2-5H3,(H,39,48)(H,40,47)(H,41,50)(H,42,51)(H,45,46)/t24-,28-,32-,36-;25-,28-,33-/m00/s1. The van der Waals surface area contributed by atoms with Crippen LogP contribution in [0.3, 0.4) is 0 Å². The highest BCUT2D eigenvalue weighted by Crippen LogP contribution is 2.39. The minimum atomic E-state index is -1.41. The SMILES string of the molecule is C=CCOC(=O)N[C@H](C(=O)N[C@@H](C)C(=O)Nc1ccc(COC(=O)N2c3cc(OCCCC(=O)O)c(C)cc3C(=O)N3CCCC[C@H]3[C@@H]2O)cc1)C(C)C.C=CCOC(=O)N[C@H](C(=O)N[C@@H](C)C(=O)Nc1ccc(COC(=O)Nc2cc(OCCCC(=O)O)c(C)cc2C(=O)N2CCCC[C@H]2CO)cc1)C(C)C. The van der Waals surface area contributed by atoms with Gasteiger partial charge in [-0.05, 0) is 150 Å². The van der Waals surface area contributed by atoms with Crippen molar-refractivity contribution in [2.24, 2.45) is 11.8 Å². The van der Waals surface area contributed by atoms with Crippen molar-refractivity contribution in [1.29, 1.82) is 0 Å². The van der Waals surface area contributed by atoms with E-state index in [4.69, 9.17) is 38.6 Å². The summed E-state index contributed by atoms with van der Waals surface area (Å²) in [6.45, 7) is 20.9. The monoisotopic (exact) mass is 1500 g/mol. The number of carboxylic acids is 2. The minimum absolute atomic E-state index is 0.0197. The number of piperidine rings is 2. The Morgan fingerprint density at radius 3 is 1.55 bits per heavy atom. The van der Waals surface area contributed by atoms with Crippen LogP contribution in [0.4, 0.5) is 41.9 Å². The van der Waals surface area contributed by atoms with Gasteiger partial charge in [0.2, 0.25) is 23.6 Å². The maximum Gasteiger partial charge on any atom is 0.416 e. The van der Waals surface area contributed by atoms with Gasteiger partial charge < -0.3 is 90.5 Å². The summed E-state index contributed by atoms with van der Waals surface area (Å²) >= 11 is 0. The number of ether oxygens (including phenoxy) is 6. The average molecular weight is 1510 g/mol. The predicted octanol–water partition coefficient (Wildman–Crippen LogP) is 8.44. The topological polar surface area (TPSA) is 435 Å². The molecular weight excluding hydrogens is 1400 g/mol. The fourth-order valence-electron chi connectivity index (χ4n) is 11.7. The highest BCUT2D eigenvalue weighted by Gasteiger charge is 2.44. The Kier molecular flexibility index (Phi) is 33.4. The van der Waals surface area contributed by atoms with Crippen LogP contribution in [-0.2, 0) is 60.9 Å². The van der Waals surface area contributed by atoms with Crippen LogP contribution in [0.1, 0.15) is 149 Å². The van der Waals surface area contributed by atoms with Crippen molar-refractivity contribution < 1.29 is 106 Å². The van der Waals surface area contributed by atoms with Crippen LogP contribution in [0, 0.1) is 25.7 Å². The zero-order valence-corrected chi connectivity index (χ0v) is 62.1. The quantitative estimate of drug-likeness (QED) is 0.0121. The van der Waals surface area contributed by atoms with E-state index >= 15 is 0 Å². The van der Waals surface area contributed by atoms with Gasteiger partial charge >= 0.3 is 36.3 Å². The summed E-state index contributed by atoms with van der Waals surface area (Å²) in [5.74, 6) is -4.63. The molecule has 11 N–H and O–H groups in total. The van der Waals surface area contributed by atoms with Crippen LogP contribution in [0.5, 0.6) is 11.5 Å². The van der Waals surface area contributed by atoms with Crippen molar-refractivity contribution in [3.63, 3.8) is 0 Å². The molecule has 0 radical (unpaired) electrons. The Hall–Kier alpha value is -11.3. The van der Waals surface area contributed by atoms with Gasteiger partial charge in [0.1, 0.15) is 62.1 Å². The Labute approximate surface area is 626 Å². The third-order valence-corrected chi connectivity index (χ3v) is 17.7. The first-order valence-corrected chi connectivity index (χ1v) is 35.7. The first-order chi connectivity index (χ1) is 51.4. The minimum Gasteiger partial charge on any atom is -0.493 e. The second-order valence-electron chi connectivity index (χ2n) is 26.8. The first-order valence-electron chi connectivity index (χ1n) is 35.7. The number of rotatable bonds is 33. The number of hydrogen-bond donors (Lipinski definition) is 11. The molecule has 10 amide bonds. The van der Waals surface area contributed by atoms with Gasteiger partial charge in [0.05, 0.1) is 54.4 Å². The number of alkyl carbamates (subject to hydrolysis) is 2. The van der Waals surface area contributed by atoms with Crippen LogP contribution in [0.25, 0.3) is 0 Å². The van der Waals surface area contributed by atoms with E-state index < -0.39 is 96.4 Å². The number of aliphatic carboxylic acids is 2. The van der Waals surface area contributed by atoms with Crippen LogP contribution in [-0.4, -0.2) is 191 Å². The molecular formula is C76H100N10O22. The van der Waals surface area contributed by atoms with Crippen LogP contribution < -0.4 is 51.6 Å². The number of amides is 10. The fourth-order valence-corrected chi connectivity index (χ4v) is 11.7. The lowest BCUT2D eigenvalue weighted by molar-refractivity contribution is -0.138. The molecule has 0 bridgehead atoms. The fraction of sp³-hybridized carbons (Fsp3) is 0.474. The highest BCUT2D eigenvalue weighted by atomic mass is 16.6. The van der Waals surface area contributed by atoms with Crippen molar-refractivity contribution in [2.75, 3.05) is 67.0 Å². The third kappa shape index (κ3) is 25.5. The lowest BCUT2D eigenvalue weighted by Crippen LogP contribution is -2.55. The normalized spacial score (nSPS) is 16.2. The molecule has 2 fully saturated rings. The summed E-state index contributed by atoms with van der Waals surface area (Å²) < 4.78 is 32.5. The molecule has 3 heterocycles. The molecule has 0 unspecified atom stereocenters. The number of fused-ring (bicyclic) bond motifs is 2. The lowest BCUT2D eigenvalue weighted by Gasteiger charge is -2.38. The first kappa shape index (κ1) is 85.6. The number of likely N-dealkylation sites (tertiary alicyclic amines) is 1. The number of carboxylic acid groups (broad SMARTS) is 2. The number of aliphatic hydroxyl groups excluding tert-OH is 2. The van der Waals surface area contributed by atoms with E-state index in [1.807, 2.05) is 0 Å². The molecule has 586 valence electrons. The molecule has 3 aliphatic rings. The van der Waals surface area contributed by atoms with Crippen LogP contribution in [0.15, 0.2) is 98.1 Å². The van der Waals surface area contributed by atoms with Crippen molar-refractivity contribution in [3.8, 4) is 11.5 Å². The number of carbonyl (C=O) groups excluding carboxylic acids is 10. The summed E-state index contributed by atoms with van der Waals surface area (Å²) in [6, 6.07) is 14.3. The van der Waals surface area contributed by atoms with Gasteiger partial charge in [-0.1, -0.05) is 77.3 Å². The molecule has 3 aliphatic heterocycles. The molecule has 0 saturated carbocycles. The number of hydrogen-bond acceptors (Lipinski definition) is 20. The molecule has 108 heavy (non-hydrogen) atoms. The molecule has 0 aromatic heterocycles. The zero-order valence-electron chi connectivity index (χ0n) is 62.1. The average Bonchev–Trinajstić information content (AvgIpc) is 1.59. The van der Waals surface area contributed by atoms with Gasteiger partial charge in [0.15, 0.2) is 6.23 Å². The molecule has 2 saturated heterocycles. The van der Waals surface area contributed by atoms with E-state index in [9.17, 15) is 67.7 Å². The molecule has 32 nitrogen and oxygen atoms in total. The molecule has 4 aromatic carbocycles. The Balaban J connectivity index is 0.000000338. The lowest BCUT2D eigenvalue weighted by atomic mass is 10.00. The van der Waals surface area contributed by atoms with Crippen LogP contribution in [0.2, 0.25) is 0 Å². The van der Waals surface area contributed by atoms with E-state index in [0.29, 0.717) is 71.1 Å². The van der Waals surface area contributed by atoms with E-state index in [1.165, 1.54) is 38.1 Å². The number of aryl methyl sites for hydroxylation is 2. The van der Waals surface area contributed by atoms with E-state index in [2.05, 4.69) is 50.4 Å². The van der Waals surface area contributed by atoms with Crippen molar-refractivity contribution >= 4 is 94.5 Å². The second kappa shape index (κ2) is 42.2. The molecule has 0 aliphatic carbocycles. The highest BCUT2D eigenvalue weighted by molar-refractivity contribution is 6.06. The molecule has 4 aromatic rings. The maximum atomic E-state index is 13.8. The van der Waals surface area contributed by atoms with Crippen LogP contribution >= 0.6 is 0 Å². The molecule has 7 atom stereocenters. The number of nitrogens with one attached hydrogen (secondary N) is 7. The number of nitrogens with zero attached hydrogens (tertiary/aromatic N) is 3. The van der Waals surface area contributed by atoms with Crippen molar-refractivity contribution in [2.45, 2.75) is 175 Å². The Morgan fingerprint density at radius 2 is 1.06 bits per heavy atom. The van der Waals surface area contributed by atoms with E-state index in [1.54, 1.807) is 112 Å². The predicted molar refractivity (Wildman–Crippen MR) is 396 cm³/mol. The smallest absolute Gasteiger partial charge is 0.416 e. The summed E-state index contributed by atoms with van der Waals surface area (Å²) in [5.41, 5.74) is 3.82. The van der Waals surface area contributed by atoms with Gasteiger partial charge in [0.25, 0.3) is 11.8 Å². The summed E-state index contributed by atoms with van der Waals surface area (Å²) in [6.07, 6.45) is 2.72. The summed E-state index contributed by atoms with van der Waals surface area (Å²) in [4.78, 5) is 156.